The van der Waals surface area contributed by atoms with Crippen LogP contribution in [0.25, 0.3) is 0 Å². The normalized spacial score (nSPS) is 17.1. The smallest absolute Gasteiger partial charge is 0.315 e. The number of carbonyl (C=O) groups excluding carboxylic acids is 3. The van der Waals surface area contributed by atoms with E-state index in [-0.39, 0.29) is 26.8 Å². The Morgan fingerprint density at radius 2 is 1.31 bits per heavy atom. The lowest BCUT2D eigenvalue weighted by Gasteiger charge is -2.13. The summed E-state index contributed by atoms with van der Waals surface area (Å²) in [7, 11) is 0. The van der Waals surface area contributed by atoms with Crippen molar-refractivity contribution in [2.75, 3.05) is 16.0 Å². The lowest BCUT2D eigenvalue weighted by molar-refractivity contribution is -0.126. The van der Waals surface area contributed by atoms with Gasteiger partial charge in [0.1, 0.15) is 21.8 Å². The summed E-state index contributed by atoms with van der Waals surface area (Å²) in [5.41, 5.74) is -2.14. The summed E-state index contributed by atoms with van der Waals surface area (Å²) in [5, 5.41) is 5.39. The van der Waals surface area contributed by atoms with Gasteiger partial charge in [0.25, 0.3) is 11.8 Å². The fourth-order valence-electron chi connectivity index (χ4n) is 3.99. The molecular formula is C25H12Cl6F5N3O3. The van der Waals surface area contributed by atoms with Gasteiger partial charge in [0.2, 0.25) is 5.91 Å². The molecule has 0 aromatic heterocycles. The molecule has 3 aromatic carbocycles. The monoisotopic (exact) mass is 707 g/mol. The molecule has 0 saturated heterocycles. The van der Waals surface area contributed by atoms with E-state index >= 15 is 0 Å². The number of alkyl halides is 4. The van der Waals surface area contributed by atoms with Gasteiger partial charge in [0.15, 0.2) is 0 Å². The number of carbonyl (C=O) groups is 3. The molecule has 1 saturated carbocycles. The third-order valence-corrected chi connectivity index (χ3v) is 8.52. The second kappa shape index (κ2) is 12.2. The van der Waals surface area contributed by atoms with Crippen LogP contribution >= 0.6 is 69.6 Å². The van der Waals surface area contributed by atoms with Gasteiger partial charge in [-0.2, -0.15) is 8.78 Å². The number of benzene rings is 3. The maximum absolute atomic E-state index is 14.6. The van der Waals surface area contributed by atoms with E-state index in [2.05, 4.69) is 5.32 Å². The van der Waals surface area contributed by atoms with E-state index in [1.807, 2.05) is 5.32 Å². The first-order valence-corrected chi connectivity index (χ1v) is 13.5. The Hall–Kier alpha value is -2.54. The van der Waals surface area contributed by atoms with Gasteiger partial charge in [-0.25, -0.2) is 13.2 Å². The van der Waals surface area contributed by atoms with E-state index in [0.29, 0.717) is 11.6 Å². The highest BCUT2D eigenvalue weighted by molar-refractivity contribution is 6.54. The first-order chi connectivity index (χ1) is 19.5. The Bertz CT molecular complexity index is 1620. The van der Waals surface area contributed by atoms with Crippen LogP contribution in [0.2, 0.25) is 20.1 Å². The largest absolute Gasteiger partial charge is 0.326 e. The van der Waals surface area contributed by atoms with E-state index in [0.717, 1.165) is 12.1 Å². The van der Waals surface area contributed by atoms with E-state index < -0.39 is 79.7 Å². The van der Waals surface area contributed by atoms with Crippen LogP contribution < -0.4 is 16.0 Å². The lowest BCUT2D eigenvalue weighted by atomic mass is 10.1. The predicted octanol–water partition coefficient (Wildman–Crippen LogP) is 8.70. The Labute approximate surface area is 263 Å². The zero-order valence-electron chi connectivity index (χ0n) is 20.1. The number of hydrogen-bond acceptors (Lipinski definition) is 3. The van der Waals surface area contributed by atoms with Crippen LogP contribution in [0.5, 0.6) is 0 Å². The molecule has 3 N–H and O–H groups in total. The van der Waals surface area contributed by atoms with Crippen molar-refractivity contribution in [3.05, 3.63) is 85.1 Å². The van der Waals surface area contributed by atoms with Crippen molar-refractivity contribution in [1.29, 1.82) is 0 Å². The van der Waals surface area contributed by atoms with Crippen LogP contribution in [-0.2, 0) is 9.59 Å². The number of nitrogens with one attached hydrogen (secondary N) is 3. The van der Waals surface area contributed by atoms with E-state index in [1.165, 1.54) is 17.4 Å². The summed E-state index contributed by atoms with van der Waals surface area (Å²) in [6, 6.07) is 5.32. The second-order valence-corrected chi connectivity index (χ2v) is 11.8. The molecule has 3 aromatic rings. The topological polar surface area (TPSA) is 87.3 Å². The molecule has 42 heavy (non-hydrogen) atoms. The van der Waals surface area contributed by atoms with Crippen LogP contribution in [0.3, 0.4) is 0 Å². The van der Waals surface area contributed by atoms with Gasteiger partial charge in [-0.3, -0.25) is 14.4 Å². The van der Waals surface area contributed by atoms with Crippen molar-refractivity contribution in [1.82, 2.24) is 0 Å². The predicted molar refractivity (Wildman–Crippen MR) is 151 cm³/mol. The Kier molecular flexibility index (Phi) is 9.42. The van der Waals surface area contributed by atoms with Gasteiger partial charge in [-0.1, -0.05) is 46.4 Å². The molecule has 17 heteroatoms. The zero-order valence-corrected chi connectivity index (χ0v) is 24.6. The van der Waals surface area contributed by atoms with Crippen molar-refractivity contribution in [3.8, 4) is 0 Å². The Morgan fingerprint density at radius 3 is 1.88 bits per heavy atom. The molecule has 1 fully saturated rings. The van der Waals surface area contributed by atoms with Gasteiger partial charge in [-0.15, -0.1) is 23.2 Å². The molecule has 3 amide bonds. The zero-order chi connectivity index (χ0) is 31.3. The number of anilines is 3. The first kappa shape index (κ1) is 32.4. The third kappa shape index (κ3) is 6.51. The molecular weight excluding hydrogens is 698 g/mol. The average molecular weight is 710 g/mol. The molecule has 1 aliphatic rings. The van der Waals surface area contributed by atoms with Gasteiger partial charge < -0.3 is 16.0 Å². The fourth-order valence-corrected chi connectivity index (χ4v) is 5.62. The summed E-state index contributed by atoms with van der Waals surface area (Å²) < 4.78 is 66.4. The van der Waals surface area contributed by atoms with Gasteiger partial charge in [0, 0.05) is 17.7 Å². The SMILES string of the molecule is O=C(Nc1cc(NC(=O)C(F)F)c(F)cc1F)c1cc(NC(=O)C2[C@H](c3cc(Cl)c(Cl)c(Cl)c3)C2(Cl)Cl)cc(F)c1Cl. The quantitative estimate of drug-likeness (QED) is 0.130. The summed E-state index contributed by atoms with van der Waals surface area (Å²) in [6.07, 6.45) is -3.51. The molecule has 222 valence electrons. The number of halogens is 11. The second-order valence-electron chi connectivity index (χ2n) is 8.79. The standard InChI is InChI=1S/C25H12Cl6F5N3O3/c26-10-1-7(2-11(27)20(10)29)17-18(25(17,30)31)23(41)37-8-3-9(19(28)14(34)4-8)22(40)38-15-6-16(13(33)5-12(15)32)39-24(42)21(35)36/h1-6,17-18,21H,(H,37,41)(H,38,40)(H,39,42)/t17-,18?/m0/s1. The summed E-state index contributed by atoms with van der Waals surface area (Å²) in [6.45, 7) is 0. The van der Waals surface area contributed by atoms with Crippen LogP contribution in [0.1, 0.15) is 21.8 Å². The molecule has 1 aliphatic carbocycles. The minimum Gasteiger partial charge on any atom is -0.326 e. The van der Waals surface area contributed by atoms with E-state index in [4.69, 9.17) is 69.6 Å². The van der Waals surface area contributed by atoms with Crippen molar-refractivity contribution < 1.29 is 36.3 Å². The number of rotatable bonds is 7. The van der Waals surface area contributed by atoms with Gasteiger partial charge in [0.05, 0.1) is 42.9 Å². The molecule has 6 nitrogen and oxygen atoms in total. The Morgan fingerprint density at radius 1 is 0.738 bits per heavy atom. The van der Waals surface area contributed by atoms with Crippen molar-refractivity contribution >= 4 is 104 Å². The average Bonchev–Trinajstić information content (AvgIpc) is 3.48. The highest BCUT2D eigenvalue weighted by Gasteiger charge is 2.67. The van der Waals surface area contributed by atoms with Crippen LogP contribution in [-0.4, -0.2) is 28.5 Å². The maximum Gasteiger partial charge on any atom is 0.315 e. The minimum atomic E-state index is -3.51. The molecule has 0 spiro atoms. The number of amides is 3. The fraction of sp³-hybridized carbons (Fsp3) is 0.160. The van der Waals surface area contributed by atoms with Crippen LogP contribution in [0.15, 0.2) is 36.4 Å². The summed E-state index contributed by atoms with van der Waals surface area (Å²) in [5.74, 6) is -9.74. The minimum absolute atomic E-state index is 0.0792. The molecule has 0 bridgehead atoms. The molecule has 1 unspecified atom stereocenters. The molecule has 2 atom stereocenters. The summed E-state index contributed by atoms with van der Waals surface area (Å²) >= 11 is 36.6. The first-order valence-electron chi connectivity index (χ1n) is 11.2. The van der Waals surface area contributed by atoms with Crippen molar-refractivity contribution in [2.24, 2.45) is 5.92 Å². The van der Waals surface area contributed by atoms with Crippen molar-refractivity contribution in [2.45, 2.75) is 16.7 Å². The molecule has 0 aliphatic heterocycles. The van der Waals surface area contributed by atoms with Gasteiger partial charge >= 0.3 is 6.43 Å². The van der Waals surface area contributed by atoms with Crippen LogP contribution in [0.4, 0.5) is 39.0 Å². The van der Waals surface area contributed by atoms with Crippen molar-refractivity contribution in [3.63, 3.8) is 0 Å². The highest BCUT2D eigenvalue weighted by Crippen LogP contribution is 2.65. The van der Waals surface area contributed by atoms with Crippen LogP contribution in [0, 0.1) is 23.4 Å². The highest BCUT2D eigenvalue weighted by atomic mass is 35.5. The number of hydrogen-bond donors (Lipinski definition) is 3. The Balaban J connectivity index is 1.56. The lowest BCUT2D eigenvalue weighted by Crippen LogP contribution is -2.21. The molecule has 0 radical (unpaired) electrons. The molecule has 4 rings (SSSR count). The molecule has 0 heterocycles. The maximum atomic E-state index is 14.6. The third-order valence-electron chi connectivity index (χ3n) is 6.00. The van der Waals surface area contributed by atoms with E-state index in [9.17, 15) is 36.3 Å². The summed E-state index contributed by atoms with van der Waals surface area (Å²) in [4.78, 5) is 37.1. The van der Waals surface area contributed by atoms with Gasteiger partial charge in [-0.05, 0) is 35.9 Å². The van der Waals surface area contributed by atoms with E-state index in [1.54, 1.807) is 0 Å².